The van der Waals surface area contributed by atoms with Crippen LogP contribution in [0.25, 0.3) is 0 Å². The first kappa shape index (κ1) is 13.3. The fraction of sp³-hybridized carbons (Fsp3) is 0.545. The average Bonchev–Trinajstić information content (AvgIpc) is 2.84. The van der Waals surface area contributed by atoms with Gasteiger partial charge in [-0.05, 0) is 32.0 Å². The SMILES string of the molecule is O=S([O-])Nc1ccc(OCCN2CCCC2)nc1. The molecule has 7 heteroatoms. The molecule has 0 radical (unpaired) electrons. The Morgan fingerprint density at radius 3 is 2.83 bits per heavy atom. The van der Waals surface area contributed by atoms with Crippen molar-refractivity contribution in [1.82, 2.24) is 9.88 Å². The molecule has 1 aliphatic heterocycles. The van der Waals surface area contributed by atoms with Crippen LogP contribution >= 0.6 is 0 Å². The van der Waals surface area contributed by atoms with Crippen molar-refractivity contribution in [1.29, 1.82) is 0 Å². The van der Waals surface area contributed by atoms with Crippen LogP contribution in [0, 0.1) is 0 Å². The Balaban J connectivity index is 1.73. The maximum atomic E-state index is 10.4. The van der Waals surface area contributed by atoms with Gasteiger partial charge < -0.3 is 14.0 Å². The molecule has 18 heavy (non-hydrogen) atoms. The van der Waals surface area contributed by atoms with Gasteiger partial charge in [0.2, 0.25) is 5.88 Å². The lowest BCUT2D eigenvalue weighted by atomic mass is 10.4. The number of nitrogens with one attached hydrogen (secondary N) is 1. The van der Waals surface area contributed by atoms with Crippen LogP contribution in [0.15, 0.2) is 18.3 Å². The maximum absolute atomic E-state index is 10.4. The zero-order valence-electron chi connectivity index (χ0n) is 10.0. The normalized spacial score (nSPS) is 17.6. The summed E-state index contributed by atoms with van der Waals surface area (Å²) < 4.78 is 28.5. The van der Waals surface area contributed by atoms with Crippen molar-refractivity contribution in [3.8, 4) is 5.88 Å². The van der Waals surface area contributed by atoms with Gasteiger partial charge in [-0.1, -0.05) is 0 Å². The predicted molar refractivity (Wildman–Crippen MR) is 67.9 cm³/mol. The molecule has 1 atom stereocenters. The van der Waals surface area contributed by atoms with E-state index in [0.717, 1.165) is 19.6 Å². The minimum atomic E-state index is -2.32. The Kier molecular flexibility index (Phi) is 4.91. The van der Waals surface area contributed by atoms with Crippen molar-refractivity contribution in [2.45, 2.75) is 12.8 Å². The quantitative estimate of drug-likeness (QED) is 0.772. The Bertz CT molecular complexity index is 393. The first-order chi connectivity index (χ1) is 8.74. The van der Waals surface area contributed by atoms with E-state index in [1.165, 1.54) is 19.0 Å². The molecule has 6 nitrogen and oxygen atoms in total. The van der Waals surface area contributed by atoms with Crippen LogP contribution < -0.4 is 9.46 Å². The van der Waals surface area contributed by atoms with Crippen LogP contribution in [0.3, 0.4) is 0 Å². The van der Waals surface area contributed by atoms with Gasteiger partial charge in [0.1, 0.15) is 6.61 Å². The molecule has 0 aliphatic carbocycles. The number of likely N-dealkylation sites (tertiary alicyclic amines) is 1. The highest BCUT2D eigenvalue weighted by molar-refractivity contribution is 7.80. The molecule has 0 spiro atoms. The molecule has 2 rings (SSSR count). The monoisotopic (exact) mass is 270 g/mol. The fourth-order valence-electron chi connectivity index (χ4n) is 1.91. The number of hydrogen-bond donors (Lipinski definition) is 1. The fourth-order valence-corrected chi connectivity index (χ4v) is 2.22. The molecular formula is C11H16N3O3S-. The minimum absolute atomic E-state index is 0.426. The smallest absolute Gasteiger partial charge is 0.213 e. The predicted octanol–water partition coefficient (Wildman–Crippen LogP) is 0.762. The van der Waals surface area contributed by atoms with Crippen molar-refractivity contribution in [3.63, 3.8) is 0 Å². The van der Waals surface area contributed by atoms with Gasteiger partial charge in [0, 0.05) is 23.9 Å². The summed E-state index contributed by atoms with van der Waals surface area (Å²) in [5.41, 5.74) is 0.426. The van der Waals surface area contributed by atoms with Gasteiger partial charge in [0.25, 0.3) is 0 Å². The van der Waals surface area contributed by atoms with Gasteiger partial charge >= 0.3 is 0 Å². The zero-order valence-corrected chi connectivity index (χ0v) is 10.8. The van der Waals surface area contributed by atoms with Crippen molar-refractivity contribution in [3.05, 3.63) is 18.3 Å². The van der Waals surface area contributed by atoms with Crippen molar-refractivity contribution < 1.29 is 13.5 Å². The third kappa shape index (κ3) is 4.25. The van der Waals surface area contributed by atoms with E-state index < -0.39 is 11.3 Å². The number of pyridine rings is 1. The molecule has 1 aromatic heterocycles. The first-order valence-corrected chi connectivity index (χ1v) is 6.99. The van der Waals surface area contributed by atoms with E-state index in [1.54, 1.807) is 12.1 Å². The van der Waals surface area contributed by atoms with Crippen LogP contribution in [0.5, 0.6) is 5.88 Å². The van der Waals surface area contributed by atoms with Gasteiger partial charge in [-0.3, -0.25) is 9.11 Å². The second-order valence-corrected chi connectivity index (χ2v) is 4.79. The van der Waals surface area contributed by atoms with E-state index in [2.05, 4.69) is 14.6 Å². The molecule has 1 fully saturated rings. The van der Waals surface area contributed by atoms with Crippen molar-refractivity contribution in [2.75, 3.05) is 31.0 Å². The molecule has 0 aromatic carbocycles. The number of ether oxygens (including phenoxy) is 1. The molecule has 0 bridgehead atoms. The number of hydrogen-bond acceptors (Lipinski definition) is 5. The van der Waals surface area contributed by atoms with Crippen LogP contribution in [-0.4, -0.2) is 44.9 Å². The molecule has 1 saturated heterocycles. The topological polar surface area (TPSA) is 77.5 Å². The van der Waals surface area contributed by atoms with E-state index >= 15 is 0 Å². The number of nitrogens with zero attached hydrogens (tertiary/aromatic N) is 2. The van der Waals surface area contributed by atoms with Gasteiger partial charge in [-0.2, -0.15) is 0 Å². The molecule has 1 aliphatic rings. The molecule has 0 amide bonds. The summed E-state index contributed by atoms with van der Waals surface area (Å²) in [5.74, 6) is 0.511. The van der Waals surface area contributed by atoms with Crippen molar-refractivity contribution >= 4 is 17.0 Å². The Labute approximate surface area is 109 Å². The number of rotatable bonds is 6. The Hall–Kier alpha value is -1.18. The summed E-state index contributed by atoms with van der Waals surface area (Å²) in [6.07, 6.45) is 3.97. The molecule has 1 N–H and O–H groups in total. The molecular weight excluding hydrogens is 254 g/mol. The van der Waals surface area contributed by atoms with Gasteiger partial charge in [-0.15, -0.1) is 0 Å². The molecule has 1 aromatic rings. The highest BCUT2D eigenvalue weighted by Gasteiger charge is 2.10. The molecule has 0 saturated carbocycles. The summed E-state index contributed by atoms with van der Waals surface area (Å²) in [6.45, 7) is 3.81. The lowest BCUT2D eigenvalue weighted by Gasteiger charge is -2.14. The van der Waals surface area contributed by atoms with Crippen molar-refractivity contribution in [2.24, 2.45) is 0 Å². The summed E-state index contributed by atoms with van der Waals surface area (Å²) in [4.78, 5) is 6.38. The van der Waals surface area contributed by atoms with Crippen LogP contribution in [-0.2, 0) is 11.3 Å². The second-order valence-electron chi connectivity index (χ2n) is 4.12. The zero-order chi connectivity index (χ0) is 12.8. The Morgan fingerprint density at radius 2 is 2.22 bits per heavy atom. The summed E-state index contributed by atoms with van der Waals surface area (Å²) >= 11 is -2.32. The molecule has 100 valence electrons. The largest absolute Gasteiger partial charge is 0.755 e. The third-order valence-corrected chi connectivity index (χ3v) is 3.20. The van der Waals surface area contributed by atoms with E-state index in [-0.39, 0.29) is 0 Å². The highest BCUT2D eigenvalue weighted by atomic mass is 32.2. The van der Waals surface area contributed by atoms with E-state index in [1.807, 2.05) is 0 Å². The average molecular weight is 270 g/mol. The number of aromatic nitrogens is 1. The first-order valence-electron chi connectivity index (χ1n) is 5.91. The van der Waals surface area contributed by atoms with Gasteiger partial charge in [0.15, 0.2) is 0 Å². The lowest BCUT2D eigenvalue weighted by molar-refractivity contribution is 0.232. The van der Waals surface area contributed by atoms with Crippen LogP contribution in [0.1, 0.15) is 12.8 Å². The number of anilines is 1. The second kappa shape index (κ2) is 6.67. The van der Waals surface area contributed by atoms with Gasteiger partial charge in [0.05, 0.1) is 11.9 Å². The van der Waals surface area contributed by atoms with Gasteiger partial charge in [-0.25, -0.2) is 4.98 Å². The summed E-state index contributed by atoms with van der Waals surface area (Å²) in [6, 6.07) is 3.27. The summed E-state index contributed by atoms with van der Waals surface area (Å²) in [5, 5.41) is 0. The third-order valence-electron chi connectivity index (χ3n) is 2.79. The Morgan fingerprint density at radius 1 is 1.44 bits per heavy atom. The lowest BCUT2D eigenvalue weighted by Crippen LogP contribution is -2.25. The summed E-state index contributed by atoms with van der Waals surface area (Å²) in [7, 11) is 0. The van der Waals surface area contributed by atoms with Crippen LogP contribution in [0.2, 0.25) is 0 Å². The van der Waals surface area contributed by atoms with E-state index in [4.69, 9.17) is 4.74 Å². The highest BCUT2D eigenvalue weighted by Crippen LogP contribution is 2.12. The van der Waals surface area contributed by atoms with E-state index in [0.29, 0.717) is 18.2 Å². The van der Waals surface area contributed by atoms with Crippen LogP contribution in [0.4, 0.5) is 5.69 Å². The standard InChI is InChI=1S/C11H17N3O3S/c15-18(16)13-10-3-4-11(12-9-10)17-8-7-14-5-1-2-6-14/h3-4,9,13H,1-2,5-8H2,(H,15,16)/p-1. The maximum Gasteiger partial charge on any atom is 0.213 e. The molecule has 1 unspecified atom stereocenters. The minimum Gasteiger partial charge on any atom is -0.755 e. The molecule has 2 heterocycles. The van der Waals surface area contributed by atoms with E-state index in [9.17, 15) is 8.76 Å².